The number of carbonyl (C=O) groups is 1. The fourth-order valence-corrected chi connectivity index (χ4v) is 2.90. The van der Waals surface area contributed by atoms with E-state index in [9.17, 15) is 9.90 Å². The molecule has 1 aliphatic rings. The maximum Gasteiger partial charge on any atom is 0.263 e. The van der Waals surface area contributed by atoms with Crippen LogP contribution in [0.1, 0.15) is 27.2 Å². The number of aliphatic hydroxyl groups is 1. The number of nitrogens with zero attached hydrogens (tertiary/aromatic N) is 1. The number of halogens is 1. The number of hydrogen-bond acceptors (Lipinski definition) is 3. The summed E-state index contributed by atoms with van der Waals surface area (Å²) < 4.78 is 5.89. The molecule has 1 amide bonds. The second-order valence-corrected chi connectivity index (χ2v) is 6.75. The minimum atomic E-state index is -0.536. The van der Waals surface area contributed by atoms with Crippen LogP contribution in [-0.2, 0) is 4.79 Å². The van der Waals surface area contributed by atoms with Crippen LogP contribution in [0, 0.1) is 11.8 Å². The smallest absolute Gasteiger partial charge is 0.263 e. The Morgan fingerprint density at radius 2 is 2.14 bits per heavy atom. The van der Waals surface area contributed by atoms with E-state index in [1.54, 1.807) is 36.1 Å². The monoisotopic (exact) mass is 325 g/mol. The van der Waals surface area contributed by atoms with Crippen molar-refractivity contribution in [2.75, 3.05) is 13.1 Å². The van der Waals surface area contributed by atoms with Crippen molar-refractivity contribution in [2.24, 2.45) is 11.8 Å². The van der Waals surface area contributed by atoms with Crippen LogP contribution in [0.15, 0.2) is 24.3 Å². The Bertz CT molecular complexity index is 518. The van der Waals surface area contributed by atoms with Crippen LogP contribution in [0.3, 0.4) is 0 Å². The number of rotatable bonds is 5. The third kappa shape index (κ3) is 4.14. The number of aliphatic hydroxyl groups excluding tert-OH is 1. The highest BCUT2D eigenvalue weighted by Crippen LogP contribution is 2.25. The molecule has 4 nitrogen and oxygen atoms in total. The average Bonchev–Trinajstić information content (AvgIpc) is 2.94. The number of amides is 1. The molecule has 0 saturated carbocycles. The maximum absolute atomic E-state index is 12.7. The van der Waals surface area contributed by atoms with Gasteiger partial charge in [-0.1, -0.05) is 31.5 Å². The average molecular weight is 326 g/mol. The van der Waals surface area contributed by atoms with Gasteiger partial charge >= 0.3 is 0 Å². The lowest BCUT2D eigenvalue weighted by Crippen LogP contribution is -2.44. The topological polar surface area (TPSA) is 49.8 Å². The van der Waals surface area contributed by atoms with E-state index in [2.05, 4.69) is 0 Å². The van der Waals surface area contributed by atoms with E-state index < -0.39 is 6.10 Å². The Morgan fingerprint density at radius 3 is 2.68 bits per heavy atom. The van der Waals surface area contributed by atoms with Gasteiger partial charge in [-0.3, -0.25) is 4.79 Å². The van der Waals surface area contributed by atoms with Crippen molar-refractivity contribution < 1.29 is 14.6 Å². The van der Waals surface area contributed by atoms with Gasteiger partial charge in [-0.05, 0) is 37.5 Å². The summed E-state index contributed by atoms with van der Waals surface area (Å²) in [4.78, 5) is 14.5. The Hall–Kier alpha value is -1.26. The fraction of sp³-hybridized carbons (Fsp3) is 0.588. The first-order valence-corrected chi connectivity index (χ1v) is 8.15. The Labute approximate surface area is 137 Å². The Kier molecular flexibility index (Phi) is 5.70. The normalized spacial score (nSPS) is 21.0. The highest BCUT2D eigenvalue weighted by Gasteiger charge is 2.35. The standard InChI is InChI=1S/C17H24ClNO3/c1-11(2)16(22-15-6-4-5-14(18)9-15)17(21)19-8-7-13(10-19)12(3)20/h4-6,9,11-13,16,20H,7-8,10H2,1-3H3. The lowest BCUT2D eigenvalue weighted by atomic mass is 10.0. The number of ether oxygens (including phenoxy) is 1. The van der Waals surface area contributed by atoms with Gasteiger partial charge in [-0.15, -0.1) is 0 Å². The second kappa shape index (κ2) is 7.34. The van der Waals surface area contributed by atoms with Gasteiger partial charge in [0.15, 0.2) is 6.10 Å². The maximum atomic E-state index is 12.7. The Balaban J connectivity index is 2.06. The number of benzene rings is 1. The van der Waals surface area contributed by atoms with Crippen molar-refractivity contribution in [2.45, 2.75) is 39.4 Å². The highest BCUT2D eigenvalue weighted by atomic mass is 35.5. The van der Waals surface area contributed by atoms with Crippen molar-refractivity contribution in [1.82, 2.24) is 4.90 Å². The molecule has 1 saturated heterocycles. The molecule has 3 unspecified atom stereocenters. The molecule has 22 heavy (non-hydrogen) atoms. The minimum Gasteiger partial charge on any atom is -0.480 e. The third-order valence-electron chi connectivity index (χ3n) is 4.13. The Morgan fingerprint density at radius 1 is 1.41 bits per heavy atom. The molecule has 122 valence electrons. The minimum absolute atomic E-state index is 0.0156. The van der Waals surface area contributed by atoms with Crippen molar-refractivity contribution in [3.8, 4) is 5.75 Å². The van der Waals surface area contributed by atoms with Crippen LogP contribution in [0.25, 0.3) is 0 Å². The van der Waals surface area contributed by atoms with Gasteiger partial charge in [0.25, 0.3) is 5.91 Å². The molecule has 2 rings (SSSR count). The molecule has 1 aliphatic heterocycles. The van der Waals surface area contributed by atoms with Crippen LogP contribution in [0.2, 0.25) is 5.02 Å². The lowest BCUT2D eigenvalue weighted by Gasteiger charge is -2.27. The summed E-state index contributed by atoms with van der Waals surface area (Å²) in [6, 6.07) is 7.09. The summed E-state index contributed by atoms with van der Waals surface area (Å²) in [7, 11) is 0. The first-order chi connectivity index (χ1) is 10.4. The molecule has 0 aliphatic carbocycles. The number of hydrogen-bond donors (Lipinski definition) is 1. The van der Waals surface area contributed by atoms with Crippen LogP contribution < -0.4 is 4.74 Å². The summed E-state index contributed by atoms with van der Waals surface area (Å²) in [5.74, 6) is 0.795. The summed E-state index contributed by atoms with van der Waals surface area (Å²) in [5.41, 5.74) is 0. The second-order valence-electron chi connectivity index (χ2n) is 6.31. The summed E-state index contributed by atoms with van der Waals surface area (Å²) >= 11 is 5.97. The molecule has 1 aromatic carbocycles. The zero-order valence-corrected chi connectivity index (χ0v) is 14.1. The molecular weight excluding hydrogens is 302 g/mol. The van der Waals surface area contributed by atoms with E-state index in [1.165, 1.54) is 0 Å². The molecule has 1 heterocycles. The molecule has 3 atom stereocenters. The van der Waals surface area contributed by atoms with Crippen molar-refractivity contribution >= 4 is 17.5 Å². The molecule has 0 radical (unpaired) electrons. The summed E-state index contributed by atoms with van der Waals surface area (Å²) in [6.07, 6.45) is -0.0823. The lowest BCUT2D eigenvalue weighted by molar-refractivity contribution is -0.139. The van der Waals surface area contributed by atoms with E-state index in [1.807, 2.05) is 13.8 Å². The summed E-state index contributed by atoms with van der Waals surface area (Å²) in [5, 5.41) is 10.3. The van der Waals surface area contributed by atoms with Crippen LogP contribution in [-0.4, -0.2) is 41.2 Å². The molecule has 0 spiro atoms. The molecule has 1 fully saturated rings. The van der Waals surface area contributed by atoms with Crippen molar-refractivity contribution in [3.63, 3.8) is 0 Å². The van der Waals surface area contributed by atoms with Gasteiger partial charge in [0.05, 0.1) is 6.10 Å². The van der Waals surface area contributed by atoms with Crippen LogP contribution >= 0.6 is 11.6 Å². The van der Waals surface area contributed by atoms with Crippen molar-refractivity contribution in [1.29, 1.82) is 0 Å². The van der Waals surface area contributed by atoms with Gasteiger partial charge in [-0.2, -0.15) is 0 Å². The quantitative estimate of drug-likeness (QED) is 0.905. The van der Waals surface area contributed by atoms with E-state index in [0.29, 0.717) is 23.9 Å². The molecule has 0 aromatic heterocycles. The fourth-order valence-electron chi connectivity index (χ4n) is 2.72. The first-order valence-electron chi connectivity index (χ1n) is 7.77. The van der Waals surface area contributed by atoms with E-state index >= 15 is 0 Å². The predicted molar refractivity (Wildman–Crippen MR) is 87.1 cm³/mol. The molecular formula is C17H24ClNO3. The third-order valence-corrected chi connectivity index (χ3v) is 4.36. The van der Waals surface area contributed by atoms with Gasteiger partial charge < -0.3 is 14.7 Å². The van der Waals surface area contributed by atoms with E-state index in [-0.39, 0.29) is 23.8 Å². The molecule has 5 heteroatoms. The van der Waals surface area contributed by atoms with E-state index in [4.69, 9.17) is 16.3 Å². The molecule has 1 N–H and O–H groups in total. The number of likely N-dealkylation sites (tertiary alicyclic amines) is 1. The molecule has 1 aromatic rings. The SMILES string of the molecule is CC(C)C(Oc1cccc(Cl)c1)C(=O)N1CCC(C(C)O)C1. The van der Waals surface area contributed by atoms with Gasteiger partial charge in [-0.25, -0.2) is 0 Å². The number of carbonyl (C=O) groups excluding carboxylic acids is 1. The van der Waals surface area contributed by atoms with Crippen molar-refractivity contribution in [3.05, 3.63) is 29.3 Å². The van der Waals surface area contributed by atoms with Crippen LogP contribution in [0.4, 0.5) is 0 Å². The van der Waals surface area contributed by atoms with Gasteiger partial charge in [0.2, 0.25) is 0 Å². The predicted octanol–water partition coefficient (Wildman–Crippen LogP) is 2.97. The van der Waals surface area contributed by atoms with Gasteiger partial charge in [0.1, 0.15) is 5.75 Å². The largest absolute Gasteiger partial charge is 0.480 e. The summed E-state index contributed by atoms with van der Waals surface area (Å²) in [6.45, 7) is 6.99. The molecule has 0 bridgehead atoms. The zero-order chi connectivity index (χ0) is 16.3. The van der Waals surface area contributed by atoms with E-state index in [0.717, 1.165) is 6.42 Å². The van der Waals surface area contributed by atoms with Gasteiger partial charge in [0, 0.05) is 24.0 Å². The first kappa shape index (κ1) is 17.1. The zero-order valence-electron chi connectivity index (χ0n) is 13.3. The van der Waals surface area contributed by atoms with Crippen LogP contribution in [0.5, 0.6) is 5.75 Å². The highest BCUT2D eigenvalue weighted by molar-refractivity contribution is 6.30.